The molecule has 7 heteroatoms. The zero-order chi connectivity index (χ0) is 21.2. The van der Waals surface area contributed by atoms with E-state index in [1.807, 2.05) is 36.5 Å². The van der Waals surface area contributed by atoms with Crippen LogP contribution in [0.5, 0.6) is 0 Å². The van der Waals surface area contributed by atoms with Crippen molar-refractivity contribution in [2.45, 2.75) is 26.1 Å². The molecule has 0 atom stereocenters. The van der Waals surface area contributed by atoms with Crippen molar-refractivity contribution in [2.24, 2.45) is 0 Å². The van der Waals surface area contributed by atoms with Gasteiger partial charge in [-0.15, -0.1) is 0 Å². The fourth-order valence-corrected chi connectivity index (χ4v) is 4.28. The Morgan fingerprint density at radius 2 is 1.90 bits per heavy atom. The lowest BCUT2D eigenvalue weighted by Crippen LogP contribution is -2.31. The van der Waals surface area contributed by atoms with Crippen molar-refractivity contribution in [2.75, 3.05) is 6.54 Å². The Kier molecular flexibility index (Phi) is 5.72. The fourth-order valence-electron chi connectivity index (χ4n) is 3.95. The number of benzene rings is 1. The van der Waals surface area contributed by atoms with Gasteiger partial charge in [0.05, 0.1) is 15.7 Å². The first kappa shape index (κ1) is 20.2. The summed E-state index contributed by atoms with van der Waals surface area (Å²) in [4.78, 5) is 16.0. The molecule has 0 saturated heterocycles. The first-order chi connectivity index (χ1) is 15.2. The summed E-state index contributed by atoms with van der Waals surface area (Å²) < 4.78 is 2.26. The molecule has 0 radical (unpaired) electrons. The molecule has 1 aliphatic rings. The van der Waals surface area contributed by atoms with Crippen LogP contribution in [0.4, 0.5) is 0 Å². The predicted octanol–water partition coefficient (Wildman–Crippen LogP) is 5.25. The van der Waals surface area contributed by atoms with Crippen LogP contribution in [-0.2, 0) is 26.1 Å². The summed E-state index contributed by atoms with van der Waals surface area (Å²) in [5.74, 6) is 0.746. The van der Waals surface area contributed by atoms with E-state index in [1.54, 1.807) is 12.4 Å². The van der Waals surface area contributed by atoms with E-state index >= 15 is 0 Å². The maximum atomic E-state index is 6.18. The molecule has 0 saturated carbocycles. The second-order valence-corrected chi connectivity index (χ2v) is 8.56. The van der Waals surface area contributed by atoms with E-state index in [9.17, 15) is 0 Å². The maximum Gasteiger partial charge on any atom is 0.160 e. The van der Waals surface area contributed by atoms with Gasteiger partial charge in [0, 0.05) is 74.2 Å². The van der Waals surface area contributed by atoms with Crippen LogP contribution in [0, 0.1) is 0 Å². The van der Waals surface area contributed by atoms with E-state index in [-0.39, 0.29) is 0 Å². The van der Waals surface area contributed by atoms with Gasteiger partial charge in [-0.05, 0) is 42.0 Å². The standard InChI is InChI=1S/C24H21Cl2N5/c25-21-6-5-17(11-22(21)26)14-31-9-2-4-20(31)16-30-10-7-23-19(15-30)13-28-24(29-23)18-3-1-8-27-12-18/h1-6,8-9,11-13H,7,10,14-16H2. The Morgan fingerprint density at radius 1 is 0.968 bits per heavy atom. The molecular weight excluding hydrogens is 429 g/mol. The molecule has 0 bridgehead atoms. The van der Waals surface area contributed by atoms with Crippen molar-refractivity contribution in [3.05, 3.63) is 99.8 Å². The van der Waals surface area contributed by atoms with Gasteiger partial charge in [-0.2, -0.15) is 0 Å². The third kappa shape index (κ3) is 4.49. The van der Waals surface area contributed by atoms with Crippen LogP contribution in [0.2, 0.25) is 10.0 Å². The van der Waals surface area contributed by atoms with Crippen molar-refractivity contribution in [3.8, 4) is 11.4 Å². The SMILES string of the molecule is Clc1ccc(Cn2cccc2CN2CCc3nc(-c4cccnc4)ncc3C2)cc1Cl. The second-order valence-electron chi connectivity index (χ2n) is 7.74. The van der Waals surface area contributed by atoms with Gasteiger partial charge in [-0.3, -0.25) is 9.88 Å². The molecule has 1 aromatic carbocycles. The monoisotopic (exact) mass is 449 g/mol. The number of pyridine rings is 1. The van der Waals surface area contributed by atoms with Crippen molar-refractivity contribution in [3.63, 3.8) is 0 Å². The average molecular weight is 450 g/mol. The predicted molar refractivity (Wildman–Crippen MR) is 123 cm³/mol. The molecule has 0 fully saturated rings. The Bertz CT molecular complexity index is 1210. The van der Waals surface area contributed by atoms with Crippen molar-refractivity contribution < 1.29 is 0 Å². The first-order valence-electron chi connectivity index (χ1n) is 10.2. The maximum absolute atomic E-state index is 6.18. The van der Waals surface area contributed by atoms with Gasteiger partial charge < -0.3 is 4.57 Å². The van der Waals surface area contributed by atoms with E-state index in [1.165, 1.54) is 11.3 Å². The van der Waals surface area contributed by atoms with Gasteiger partial charge in [-0.25, -0.2) is 9.97 Å². The highest BCUT2D eigenvalue weighted by Gasteiger charge is 2.20. The van der Waals surface area contributed by atoms with E-state index in [2.05, 4.69) is 37.8 Å². The molecule has 156 valence electrons. The van der Waals surface area contributed by atoms with Gasteiger partial charge in [0.2, 0.25) is 0 Å². The average Bonchev–Trinajstić information content (AvgIpc) is 3.23. The van der Waals surface area contributed by atoms with Crippen LogP contribution in [0.25, 0.3) is 11.4 Å². The van der Waals surface area contributed by atoms with Gasteiger partial charge in [-0.1, -0.05) is 29.3 Å². The zero-order valence-corrected chi connectivity index (χ0v) is 18.4. The second kappa shape index (κ2) is 8.79. The lowest BCUT2D eigenvalue weighted by molar-refractivity contribution is 0.237. The number of hydrogen-bond acceptors (Lipinski definition) is 4. The highest BCUT2D eigenvalue weighted by atomic mass is 35.5. The van der Waals surface area contributed by atoms with Crippen LogP contribution in [0.3, 0.4) is 0 Å². The van der Waals surface area contributed by atoms with Gasteiger partial charge in [0.25, 0.3) is 0 Å². The van der Waals surface area contributed by atoms with Crippen LogP contribution in [0.1, 0.15) is 22.5 Å². The van der Waals surface area contributed by atoms with E-state index < -0.39 is 0 Å². The van der Waals surface area contributed by atoms with E-state index in [0.29, 0.717) is 10.0 Å². The normalized spacial score (nSPS) is 13.9. The van der Waals surface area contributed by atoms with Crippen molar-refractivity contribution >= 4 is 23.2 Å². The summed E-state index contributed by atoms with van der Waals surface area (Å²) in [6, 6.07) is 14.0. The lowest BCUT2D eigenvalue weighted by atomic mass is 10.1. The number of halogens is 2. The topological polar surface area (TPSA) is 46.8 Å². The molecule has 0 spiro atoms. The van der Waals surface area contributed by atoms with Crippen molar-refractivity contribution in [1.82, 2.24) is 24.4 Å². The Balaban J connectivity index is 1.29. The molecule has 0 N–H and O–H groups in total. The number of rotatable bonds is 5. The summed E-state index contributed by atoms with van der Waals surface area (Å²) in [7, 11) is 0. The summed E-state index contributed by atoms with van der Waals surface area (Å²) in [5.41, 5.74) is 5.68. The van der Waals surface area contributed by atoms with Crippen LogP contribution < -0.4 is 0 Å². The van der Waals surface area contributed by atoms with Crippen LogP contribution in [0.15, 0.2) is 67.3 Å². The number of hydrogen-bond donors (Lipinski definition) is 0. The quantitative estimate of drug-likeness (QED) is 0.417. The minimum absolute atomic E-state index is 0.582. The molecule has 0 amide bonds. The Morgan fingerprint density at radius 3 is 2.74 bits per heavy atom. The molecule has 0 unspecified atom stereocenters. The minimum Gasteiger partial charge on any atom is -0.346 e. The number of fused-ring (bicyclic) bond motifs is 1. The number of aromatic nitrogens is 4. The summed E-state index contributed by atoms with van der Waals surface area (Å²) in [6.07, 6.45) is 8.55. The lowest BCUT2D eigenvalue weighted by Gasteiger charge is -2.28. The molecule has 0 aliphatic carbocycles. The van der Waals surface area contributed by atoms with Crippen molar-refractivity contribution in [1.29, 1.82) is 0 Å². The summed E-state index contributed by atoms with van der Waals surface area (Å²) in [6.45, 7) is 3.45. The van der Waals surface area contributed by atoms with Crippen LogP contribution >= 0.6 is 23.2 Å². The Labute approximate surface area is 191 Å². The van der Waals surface area contributed by atoms with Gasteiger partial charge in [0.15, 0.2) is 5.82 Å². The summed E-state index contributed by atoms with van der Waals surface area (Å²) >= 11 is 12.2. The van der Waals surface area contributed by atoms with Crippen LogP contribution in [-0.4, -0.2) is 31.0 Å². The molecule has 4 heterocycles. The molecule has 31 heavy (non-hydrogen) atoms. The highest BCUT2D eigenvalue weighted by molar-refractivity contribution is 6.42. The molecule has 5 nitrogen and oxygen atoms in total. The van der Waals surface area contributed by atoms with E-state index in [4.69, 9.17) is 28.2 Å². The molecular formula is C24H21Cl2N5. The van der Waals surface area contributed by atoms with Gasteiger partial charge in [0.1, 0.15) is 0 Å². The highest BCUT2D eigenvalue weighted by Crippen LogP contribution is 2.24. The smallest absolute Gasteiger partial charge is 0.160 e. The third-order valence-electron chi connectivity index (χ3n) is 5.58. The van der Waals surface area contributed by atoms with Gasteiger partial charge >= 0.3 is 0 Å². The fraction of sp³-hybridized carbons (Fsp3) is 0.208. The summed E-state index contributed by atoms with van der Waals surface area (Å²) in [5, 5.41) is 1.17. The first-order valence-corrected chi connectivity index (χ1v) is 11.0. The third-order valence-corrected chi connectivity index (χ3v) is 6.32. The molecule has 1 aliphatic heterocycles. The minimum atomic E-state index is 0.582. The number of nitrogens with zero attached hydrogens (tertiary/aromatic N) is 5. The molecule has 4 aromatic rings. The largest absolute Gasteiger partial charge is 0.346 e. The molecule has 3 aromatic heterocycles. The molecule has 5 rings (SSSR count). The Hall–Kier alpha value is -2.73. The van der Waals surface area contributed by atoms with E-state index in [0.717, 1.165) is 55.2 Å². The zero-order valence-electron chi connectivity index (χ0n) is 16.9.